The van der Waals surface area contributed by atoms with Gasteiger partial charge in [0.25, 0.3) is 5.56 Å². The minimum absolute atomic E-state index is 0.0184. The van der Waals surface area contributed by atoms with Crippen LogP contribution >= 0.6 is 15.9 Å². The van der Waals surface area contributed by atoms with Gasteiger partial charge in [0.05, 0.1) is 0 Å². The number of H-pyrrole nitrogens is 1. The molecule has 2 aromatic rings. The minimum atomic E-state index is -0.0184. The lowest BCUT2D eigenvalue weighted by molar-refractivity contribution is 0.563. The predicted octanol–water partition coefficient (Wildman–Crippen LogP) is 1.63. The summed E-state index contributed by atoms with van der Waals surface area (Å²) >= 11 is 3.50. The Labute approximate surface area is 101 Å². The van der Waals surface area contributed by atoms with Crippen molar-refractivity contribution < 1.29 is 0 Å². The molecule has 84 valence electrons. The van der Waals surface area contributed by atoms with Gasteiger partial charge in [-0.2, -0.15) is 0 Å². The number of hydrogen-bond donors (Lipinski definition) is 2. The van der Waals surface area contributed by atoms with Crippen molar-refractivity contribution in [3.8, 4) is 0 Å². The summed E-state index contributed by atoms with van der Waals surface area (Å²) in [7, 11) is 0. The van der Waals surface area contributed by atoms with Crippen LogP contribution in [0.3, 0.4) is 0 Å². The number of nitrogens with zero attached hydrogens (tertiary/aromatic N) is 1. The van der Waals surface area contributed by atoms with Crippen LogP contribution in [0, 0.1) is 0 Å². The maximum Gasteiger partial charge on any atom is 0.272 e. The Kier molecular flexibility index (Phi) is 2.37. The van der Waals surface area contributed by atoms with Crippen molar-refractivity contribution in [2.24, 2.45) is 0 Å². The third-order valence-electron chi connectivity index (χ3n) is 3.13. The molecule has 1 saturated heterocycles. The first-order valence-electron chi connectivity index (χ1n) is 5.36. The third-order valence-corrected chi connectivity index (χ3v) is 3.76. The first kappa shape index (κ1) is 10.1. The molecule has 1 aliphatic rings. The summed E-state index contributed by atoms with van der Waals surface area (Å²) in [6.07, 6.45) is 4.77. The maximum absolute atomic E-state index is 11.9. The van der Waals surface area contributed by atoms with Gasteiger partial charge in [0.1, 0.15) is 5.52 Å². The molecule has 16 heavy (non-hydrogen) atoms. The molecule has 0 aromatic carbocycles. The van der Waals surface area contributed by atoms with E-state index < -0.39 is 0 Å². The summed E-state index contributed by atoms with van der Waals surface area (Å²) in [6, 6.07) is 2.32. The number of rotatable bonds is 1. The minimum Gasteiger partial charge on any atom is -0.337 e. The third kappa shape index (κ3) is 1.43. The molecule has 5 heteroatoms. The monoisotopic (exact) mass is 281 g/mol. The summed E-state index contributed by atoms with van der Waals surface area (Å²) in [6.45, 7) is 1.96. The van der Waals surface area contributed by atoms with E-state index in [1.54, 1.807) is 6.20 Å². The molecule has 0 radical (unpaired) electrons. The van der Waals surface area contributed by atoms with E-state index in [4.69, 9.17) is 0 Å². The zero-order valence-electron chi connectivity index (χ0n) is 8.66. The van der Waals surface area contributed by atoms with Crippen LogP contribution in [0.4, 0.5) is 0 Å². The molecule has 1 fully saturated rings. The highest BCUT2D eigenvalue weighted by molar-refractivity contribution is 9.10. The van der Waals surface area contributed by atoms with Gasteiger partial charge in [-0.1, -0.05) is 0 Å². The highest BCUT2D eigenvalue weighted by Gasteiger charge is 2.20. The Balaban J connectivity index is 2.28. The fraction of sp³-hybridized carbons (Fsp3) is 0.364. The fourth-order valence-corrected chi connectivity index (χ4v) is 2.88. The van der Waals surface area contributed by atoms with Gasteiger partial charge in [-0.05, 0) is 35.0 Å². The van der Waals surface area contributed by atoms with E-state index in [2.05, 4.69) is 30.8 Å². The van der Waals surface area contributed by atoms with Crippen molar-refractivity contribution in [1.82, 2.24) is 14.9 Å². The second kappa shape index (κ2) is 3.75. The van der Waals surface area contributed by atoms with Gasteiger partial charge in [-0.15, -0.1) is 0 Å². The standard InChI is InChI=1S/C11H12BrN3O/c12-9-6-15(7-1-3-13-5-7)10-8(9)2-4-14-11(10)16/h2,4,6-7,13H,1,3,5H2,(H,14,16). The molecule has 1 aliphatic heterocycles. The Hall–Kier alpha value is -1.07. The number of fused-ring (bicyclic) bond motifs is 1. The van der Waals surface area contributed by atoms with Crippen molar-refractivity contribution in [2.45, 2.75) is 12.5 Å². The molecule has 4 nitrogen and oxygen atoms in total. The van der Waals surface area contributed by atoms with Crippen LogP contribution in [-0.4, -0.2) is 22.6 Å². The van der Waals surface area contributed by atoms with Gasteiger partial charge in [-0.3, -0.25) is 4.79 Å². The first-order valence-corrected chi connectivity index (χ1v) is 6.15. The molecule has 1 atom stereocenters. The number of aromatic nitrogens is 2. The quantitative estimate of drug-likeness (QED) is 0.835. The van der Waals surface area contributed by atoms with Crippen LogP contribution in [0.5, 0.6) is 0 Å². The molecule has 0 saturated carbocycles. The molecular weight excluding hydrogens is 270 g/mol. The molecule has 1 unspecified atom stereocenters. The molecule has 3 rings (SSSR count). The van der Waals surface area contributed by atoms with E-state index in [0.29, 0.717) is 6.04 Å². The van der Waals surface area contributed by atoms with E-state index in [1.165, 1.54) is 0 Å². The molecular formula is C11H12BrN3O. The van der Waals surface area contributed by atoms with Gasteiger partial charge in [0.15, 0.2) is 0 Å². The van der Waals surface area contributed by atoms with Crippen molar-refractivity contribution in [2.75, 3.05) is 13.1 Å². The average molecular weight is 282 g/mol. The second-order valence-corrected chi connectivity index (χ2v) is 4.95. The predicted molar refractivity (Wildman–Crippen MR) is 66.8 cm³/mol. The maximum atomic E-state index is 11.9. The highest BCUT2D eigenvalue weighted by atomic mass is 79.9. The van der Waals surface area contributed by atoms with Crippen molar-refractivity contribution >= 4 is 26.8 Å². The fourth-order valence-electron chi connectivity index (χ4n) is 2.34. The summed E-state index contributed by atoms with van der Waals surface area (Å²) in [5.74, 6) is 0. The van der Waals surface area contributed by atoms with E-state index >= 15 is 0 Å². The lowest BCUT2D eigenvalue weighted by Crippen LogP contribution is -2.16. The SMILES string of the molecule is O=c1[nH]ccc2c(Br)cn(C3CCNC3)c12. The first-order chi connectivity index (χ1) is 7.77. The average Bonchev–Trinajstić information content (AvgIpc) is 2.87. The number of hydrogen-bond acceptors (Lipinski definition) is 2. The van der Waals surface area contributed by atoms with Gasteiger partial charge >= 0.3 is 0 Å². The number of pyridine rings is 1. The van der Waals surface area contributed by atoms with Crippen molar-refractivity contribution in [1.29, 1.82) is 0 Å². The van der Waals surface area contributed by atoms with E-state index in [9.17, 15) is 4.79 Å². The summed E-state index contributed by atoms with van der Waals surface area (Å²) in [5.41, 5.74) is 0.748. The van der Waals surface area contributed by atoms with Crippen LogP contribution in [0.15, 0.2) is 27.7 Å². The van der Waals surface area contributed by atoms with E-state index in [1.807, 2.05) is 12.3 Å². The summed E-state index contributed by atoms with van der Waals surface area (Å²) in [4.78, 5) is 14.6. The Morgan fingerprint density at radius 1 is 1.50 bits per heavy atom. The van der Waals surface area contributed by atoms with E-state index in [-0.39, 0.29) is 5.56 Å². The Morgan fingerprint density at radius 3 is 3.12 bits per heavy atom. The summed E-state index contributed by atoms with van der Waals surface area (Å²) in [5, 5.41) is 4.30. The van der Waals surface area contributed by atoms with Gasteiger partial charge < -0.3 is 14.9 Å². The van der Waals surface area contributed by atoms with Crippen LogP contribution in [0.2, 0.25) is 0 Å². The lowest BCUT2D eigenvalue weighted by atomic mass is 10.2. The zero-order chi connectivity index (χ0) is 11.1. The van der Waals surface area contributed by atoms with Crippen molar-refractivity contribution in [3.05, 3.63) is 33.3 Å². The molecule has 2 aromatic heterocycles. The molecule has 2 N–H and O–H groups in total. The van der Waals surface area contributed by atoms with Crippen LogP contribution in [-0.2, 0) is 0 Å². The Morgan fingerprint density at radius 2 is 2.38 bits per heavy atom. The zero-order valence-corrected chi connectivity index (χ0v) is 10.3. The van der Waals surface area contributed by atoms with Gasteiger partial charge in [-0.25, -0.2) is 0 Å². The number of aromatic amines is 1. The van der Waals surface area contributed by atoms with Crippen molar-refractivity contribution in [3.63, 3.8) is 0 Å². The number of halogens is 1. The summed E-state index contributed by atoms with van der Waals surface area (Å²) < 4.78 is 3.07. The molecule has 0 amide bonds. The van der Waals surface area contributed by atoms with Crippen LogP contribution in [0.25, 0.3) is 10.9 Å². The molecule has 0 aliphatic carbocycles. The van der Waals surface area contributed by atoms with E-state index in [0.717, 1.165) is 34.9 Å². The van der Waals surface area contributed by atoms with Gasteiger partial charge in [0, 0.05) is 34.8 Å². The molecule has 3 heterocycles. The topological polar surface area (TPSA) is 49.8 Å². The molecule has 0 spiro atoms. The largest absolute Gasteiger partial charge is 0.337 e. The Bertz CT molecular complexity index is 580. The van der Waals surface area contributed by atoms with Crippen LogP contribution in [0.1, 0.15) is 12.5 Å². The highest BCUT2D eigenvalue weighted by Crippen LogP contribution is 2.28. The smallest absolute Gasteiger partial charge is 0.272 e. The molecule has 0 bridgehead atoms. The number of nitrogens with one attached hydrogen (secondary N) is 2. The van der Waals surface area contributed by atoms with Crippen LogP contribution < -0.4 is 10.9 Å². The normalized spacial score (nSPS) is 20.7. The lowest BCUT2D eigenvalue weighted by Gasteiger charge is -2.11. The van der Waals surface area contributed by atoms with Gasteiger partial charge in [0.2, 0.25) is 0 Å². The second-order valence-electron chi connectivity index (χ2n) is 4.10.